The summed E-state index contributed by atoms with van der Waals surface area (Å²) in [7, 11) is 1.34. The van der Waals surface area contributed by atoms with Crippen LogP contribution in [-0.4, -0.2) is 18.0 Å². The van der Waals surface area contributed by atoms with Crippen molar-refractivity contribution < 1.29 is 14.5 Å². The molecule has 0 aliphatic heterocycles. The molecule has 0 aliphatic carbocycles. The number of nitrogens with one attached hydrogen (secondary N) is 1. The lowest BCUT2D eigenvalue weighted by atomic mass is 10.1. The van der Waals surface area contributed by atoms with Gasteiger partial charge in [0.25, 0.3) is 5.69 Å². The zero-order valence-corrected chi connectivity index (χ0v) is 14.1. The summed E-state index contributed by atoms with van der Waals surface area (Å²) in [5, 5.41) is 16.9. The Bertz CT molecular complexity index is 936. The average molecular weight is 354 g/mol. The van der Waals surface area contributed by atoms with E-state index in [1.165, 1.54) is 24.5 Å². The predicted octanol–water partition coefficient (Wildman–Crippen LogP) is 4.85. The van der Waals surface area contributed by atoms with Gasteiger partial charge in [-0.3, -0.25) is 10.1 Å². The number of hydrogen-bond donors (Lipinski definition) is 1. The summed E-state index contributed by atoms with van der Waals surface area (Å²) in [6, 6.07) is 15.4. The SMILES string of the molecule is COC(=O)c1cccc(Nc2cc(-c3cccc([N+](=O)[O-])c3)cs2)c1. The molecule has 7 heteroatoms. The summed E-state index contributed by atoms with van der Waals surface area (Å²) >= 11 is 1.48. The second-order valence-corrected chi connectivity index (χ2v) is 6.12. The molecular formula is C18H14N2O4S. The van der Waals surface area contributed by atoms with Gasteiger partial charge in [0.05, 0.1) is 22.6 Å². The molecule has 0 aliphatic rings. The standard InChI is InChI=1S/C18H14N2O4S/c1-24-18(21)13-5-2-6-15(8-13)19-17-10-14(11-25-17)12-4-3-7-16(9-12)20(22)23/h2-11,19H,1H3. The molecule has 0 amide bonds. The quantitative estimate of drug-likeness (QED) is 0.402. The third-order valence-electron chi connectivity index (χ3n) is 3.54. The van der Waals surface area contributed by atoms with Crippen molar-refractivity contribution in [1.82, 2.24) is 0 Å². The van der Waals surface area contributed by atoms with Gasteiger partial charge in [0.15, 0.2) is 0 Å². The van der Waals surface area contributed by atoms with E-state index in [1.807, 2.05) is 23.6 Å². The molecule has 25 heavy (non-hydrogen) atoms. The van der Waals surface area contributed by atoms with Crippen LogP contribution in [0.4, 0.5) is 16.4 Å². The second-order valence-electron chi connectivity index (χ2n) is 5.20. The number of ether oxygens (including phenoxy) is 1. The van der Waals surface area contributed by atoms with E-state index >= 15 is 0 Å². The zero-order chi connectivity index (χ0) is 17.8. The highest BCUT2D eigenvalue weighted by atomic mass is 32.1. The van der Waals surface area contributed by atoms with E-state index in [1.54, 1.807) is 30.3 Å². The molecular weight excluding hydrogens is 340 g/mol. The van der Waals surface area contributed by atoms with Gasteiger partial charge >= 0.3 is 5.97 Å². The summed E-state index contributed by atoms with van der Waals surface area (Å²) in [5.74, 6) is -0.396. The number of methoxy groups -OCH3 is 1. The van der Waals surface area contributed by atoms with E-state index in [9.17, 15) is 14.9 Å². The first kappa shape index (κ1) is 16.7. The molecule has 3 aromatic rings. The molecule has 1 heterocycles. The molecule has 126 valence electrons. The summed E-state index contributed by atoms with van der Waals surface area (Å²) < 4.78 is 4.71. The van der Waals surface area contributed by atoms with Gasteiger partial charge in [-0.05, 0) is 35.4 Å². The minimum absolute atomic E-state index is 0.0592. The number of hydrogen-bond acceptors (Lipinski definition) is 6. The molecule has 0 unspecified atom stereocenters. The van der Waals surface area contributed by atoms with Crippen LogP contribution in [0, 0.1) is 10.1 Å². The van der Waals surface area contributed by atoms with Crippen LogP contribution in [-0.2, 0) is 4.74 Å². The highest BCUT2D eigenvalue weighted by molar-refractivity contribution is 7.14. The van der Waals surface area contributed by atoms with Crippen molar-refractivity contribution in [2.24, 2.45) is 0 Å². The molecule has 6 nitrogen and oxygen atoms in total. The van der Waals surface area contributed by atoms with Crippen molar-refractivity contribution in [3.05, 3.63) is 75.7 Å². The Morgan fingerprint density at radius 2 is 1.92 bits per heavy atom. The number of carbonyl (C=O) groups excluding carboxylic acids is 1. The molecule has 0 bridgehead atoms. The maximum absolute atomic E-state index is 11.6. The average Bonchev–Trinajstić information content (AvgIpc) is 3.10. The number of nitrogens with zero attached hydrogens (tertiary/aromatic N) is 1. The monoisotopic (exact) mass is 354 g/mol. The molecule has 0 saturated heterocycles. The third kappa shape index (κ3) is 3.84. The largest absolute Gasteiger partial charge is 0.465 e. The highest BCUT2D eigenvalue weighted by Crippen LogP contribution is 2.32. The third-order valence-corrected chi connectivity index (χ3v) is 4.39. The van der Waals surface area contributed by atoms with Gasteiger partial charge in [0, 0.05) is 23.2 Å². The van der Waals surface area contributed by atoms with Gasteiger partial charge in [-0.25, -0.2) is 4.79 Å². The van der Waals surface area contributed by atoms with Crippen molar-refractivity contribution in [3.8, 4) is 11.1 Å². The minimum atomic E-state index is -0.409. The number of nitro benzene ring substituents is 1. The molecule has 0 atom stereocenters. The summed E-state index contributed by atoms with van der Waals surface area (Å²) in [6.07, 6.45) is 0. The van der Waals surface area contributed by atoms with E-state index < -0.39 is 10.9 Å². The first-order valence-electron chi connectivity index (χ1n) is 7.35. The van der Waals surface area contributed by atoms with Crippen LogP contribution in [0.1, 0.15) is 10.4 Å². The summed E-state index contributed by atoms with van der Waals surface area (Å²) in [4.78, 5) is 22.1. The molecule has 0 fully saturated rings. The van der Waals surface area contributed by atoms with Crippen LogP contribution in [0.15, 0.2) is 60.0 Å². The maximum Gasteiger partial charge on any atom is 0.337 e. The van der Waals surface area contributed by atoms with Crippen LogP contribution in [0.25, 0.3) is 11.1 Å². The lowest BCUT2D eigenvalue weighted by Gasteiger charge is -2.05. The fraction of sp³-hybridized carbons (Fsp3) is 0.0556. The summed E-state index contributed by atoms with van der Waals surface area (Å²) in [6.45, 7) is 0. The van der Waals surface area contributed by atoms with Crippen molar-refractivity contribution in [2.75, 3.05) is 12.4 Å². The van der Waals surface area contributed by atoms with Gasteiger partial charge in [0.2, 0.25) is 0 Å². The van der Waals surface area contributed by atoms with Crippen LogP contribution in [0.5, 0.6) is 0 Å². The maximum atomic E-state index is 11.6. The molecule has 0 saturated carbocycles. The topological polar surface area (TPSA) is 81.5 Å². The number of non-ortho nitro benzene ring substituents is 1. The minimum Gasteiger partial charge on any atom is -0.465 e. The predicted molar refractivity (Wildman–Crippen MR) is 97.5 cm³/mol. The van der Waals surface area contributed by atoms with E-state index in [2.05, 4.69) is 5.32 Å². The van der Waals surface area contributed by atoms with Crippen LogP contribution in [0.2, 0.25) is 0 Å². The van der Waals surface area contributed by atoms with Gasteiger partial charge in [-0.1, -0.05) is 18.2 Å². The molecule has 0 radical (unpaired) electrons. The normalized spacial score (nSPS) is 10.3. The smallest absolute Gasteiger partial charge is 0.337 e. The zero-order valence-electron chi connectivity index (χ0n) is 13.3. The van der Waals surface area contributed by atoms with Crippen LogP contribution in [0.3, 0.4) is 0 Å². The van der Waals surface area contributed by atoms with Gasteiger partial charge < -0.3 is 10.1 Å². The first-order chi connectivity index (χ1) is 12.1. The first-order valence-corrected chi connectivity index (χ1v) is 8.23. The molecule has 1 N–H and O–H groups in total. The molecule has 3 rings (SSSR count). The number of esters is 1. The van der Waals surface area contributed by atoms with E-state index in [0.29, 0.717) is 5.56 Å². The molecule has 1 aromatic heterocycles. The Labute approximate surface area is 147 Å². The van der Waals surface area contributed by atoms with Gasteiger partial charge in [-0.15, -0.1) is 11.3 Å². The van der Waals surface area contributed by atoms with Crippen molar-refractivity contribution >= 4 is 33.7 Å². The van der Waals surface area contributed by atoms with E-state index in [4.69, 9.17) is 4.74 Å². The van der Waals surface area contributed by atoms with Crippen LogP contribution >= 0.6 is 11.3 Å². The van der Waals surface area contributed by atoms with Gasteiger partial charge in [-0.2, -0.15) is 0 Å². The Kier molecular flexibility index (Phi) is 4.76. The number of nitro groups is 1. The Balaban J connectivity index is 1.82. The van der Waals surface area contributed by atoms with Crippen LogP contribution < -0.4 is 5.32 Å². The fourth-order valence-electron chi connectivity index (χ4n) is 2.34. The number of benzene rings is 2. The Hall–Kier alpha value is -3.19. The van der Waals surface area contributed by atoms with E-state index in [0.717, 1.165) is 21.8 Å². The Morgan fingerprint density at radius 1 is 1.12 bits per heavy atom. The number of rotatable bonds is 5. The Morgan fingerprint density at radius 3 is 2.68 bits per heavy atom. The van der Waals surface area contributed by atoms with Crippen molar-refractivity contribution in [1.29, 1.82) is 0 Å². The lowest BCUT2D eigenvalue weighted by Crippen LogP contribution is -2.01. The summed E-state index contributed by atoms with van der Waals surface area (Å²) in [5.41, 5.74) is 2.95. The lowest BCUT2D eigenvalue weighted by molar-refractivity contribution is -0.384. The molecule has 2 aromatic carbocycles. The number of anilines is 2. The van der Waals surface area contributed by atoms with Gasteiger partial charge in [0.1, 0.15) is 0 Å². The van der Waals surface area contributed by atoms with Crippen molar-refractivity contribution in [3.63, 3.8) is 0 Å². The fourth-order valence-corrected chi connectivity index (χ4v) is 3.17. The molecule has 0 spiro atoms. The highest BCUT2D eigenvalue weighted by Gasteiger charge is 2.10. The van der Waals surface area contributed by atoms with E-state index in [-0.39, 0.29) is 5.69 Å². The second kappa shape index (κ2) is 7.14. The number of thiophene rings is 1. The number of carbonyl (C=O) groups is 1. The van der Waals surface area contributed by atoms with Crippen molar-refractivity contribution in [2.45, 2.75) is 0 Å².